The summed E-state index contributed by atoms with van der Waals surface area (Å²) in [5, 5.41) is 0. The van der Waals surface area contributed by atoms with Crippen molar-refractivity contribution in [1.82, 2.24) is 0 Å². The molecule has 1 rings (SSSR count). The van der Waals surface area contributed by atoms with Crippen LogP contribution >= 0.6 is 0 Å². The van der Waals surface area contributed by atoms with Crippen LogP contribution in [0.25, 0.3) is 0 Å². The molecule has 0 heterocycles. The smallest absolute Gasteiger partial charge is 0.123 e. The van der Waals surface area contributed by atoms with E-state index in [-0.39, 0.29) is 5.82 Å². The Morgan fingerprint density at radius 3 is 2.00 bits per heavy atom. The van der Waals surface area contributed by atoms with E-state index in [1.807, 2.05) is 12.1 Å². The van der Waals surface area contributed by atoms with Crippen molar-refractivity contribution in [2.45, 2.75) is 19.8 Å². The molecular formula is C9H11F. The average Bonchev–Trinajstić information content (AvgIpc) is 1.88. The summed E-state index contributed by atoms with van der Waals surface area (Å²) in [5.74, 6) is 0.324. The zero-order chi connectivity index (χ0) is 7.56. The molecule has 0 fully saturated rings. The lowest BCUT2D eigenvalue weighted by atomic mass is 10.0. The third-order valence-electron chi connectivity index (χ3n) is 1.54. The molecular weight excluding hydrogens is 126 g/mol. The molecule has 0 radical (unpaired) electrons. The minimum absolute atomic E-state index is 0.163. The monoisotopic (exact) mass is 137 g/mol. The van der Waals surface area contributed by atoms with Crippen LogP contribution in [0.1, 0.15) is 25.3 Å². The molecule has 0 bridgehead atoms. The zero-order valence-corrected chi connectivity index (χ0v) is 6.26. The quantitative estimate of drug-likeness (QED) is 0.558. The van der Waals surface area contributed by atoms with Crippen molar-refractivity contribution in [3.8, 4) is 0 Å². The van der Waals surface area contributed by atoms with Gasteiger partial charge < -0.3 is 0 Å². The van der Waals surface area contributed by atoms with Crippen molar-refractivity contribution in [3.63, 3.8) is 0 Å². The topological polar surface area (TPSA) is 0 Å². The van der Waals surface area contributed by atoms with E-state index >= 15 is 0 Å². The Labute approximate surface area is 60.7 Å². The molecule has 0 atom stereocenters. The predicted octanol–water partition coefficient (Wildman–Crippen LogP) is 2.95. The summed E-state index contributed by atoms with van der Waals surface area (Å²) in [5.41, 5.74) is 1.18. The van der Waals surface area contributed by atoms with E-state index in [4.69, 9.17) is 0 Å². The molecule has 0 amide bonds. The number of rotatable bonds is 1. The molecule has 0 saturated carbocycles. The second kappa shape index (κ2) is 2.82. The Balaban J connectivity index is 2.89. The van der Waals surface area contributed by atoms with Gasteiger partial charge in [-0.15, -0.1) is 0 Å². The van der Waals surface area contributed by atoms with Gasteiger partial charge in [-0.1, -0.05) is 26.0 Å². The summed E-state index contributed by atoms with van der Waals surface area (Å²) in [6, 6.07) is 6.63. The van der Waals surface area contributed by atoms with Crippen molar-refractivity contribution < 1.29 is 4.39 Å². The fourth-order valence-electron chi connectivity index (χ4n) is 0.848. The van der Waals surface area contributed by atoms with Crippen LogP contribution in [0, 0.1) is 5.82 Å². The largest absolute Gasteiger partial charge is 0.207 e. The molecule has 0 aliphatic heterocycles. The summed E-state index contributed by atoms with van der Waals surface area (Å²) in [6.07, 6.45) is 0. The Morgan fingerprint density at radius 1 is 1.10 bits per heavy atom. The van der Waals surface area contributed by atoms with Crippen LogP contribution in [0.3, 0.4) is 0 Å². The van der Waals surface area contributed by atoms with Crippen molar-refractivity contribution in [3.05, 3.63) is 35.6 Å². The lowest BCUT2D eigenvalue weighted by molar-refractivity contribution is 0.626. The second-order valence-corrected chi connectivity index (χ2v) is 2.71. The molecule has 0 saturated heterocycles. The van der Waals surface area contributed by atoms with Crippen molar-refractivity contribution in [2.75, 3.05) is 0 Å². The summed E-state index contributed by atoms with van der Waals surface area (Å²) in [7, 11) is 0. The van der Waals surface area contributed by atoms with E-state index in [0.717, 1.165) is 0 Å². The molecule has 0 N–H and O–H groups in total. The third kappa shape index (κ3) is 1.56. The first-order valence-corrected chi connectivity index (χ1v) is 3.45. The highest BCUT2D eigenvalue weighted by Crippen LogP contribution is 2.13. The first-order chi connectivity index (χ1) is 4.70. The lowest BCUT2D eigenvalue weighted by Gasteiger charge is -2.02. The molecule has 0 aliphatic rings. The molecule has 0 spiro atoms. The molecule has 0 aromatic heterocycles. The first kappa shape index (κ1) is 7.26. The van der Waals surface area contributed by atoms with E-state index in [0.29, 0.717) is 5.92 Å². The summed E-state index contributed by atoms with van der Waals surface area (Å²) in [6.45, 7) is 4.18. The molecule has 54 valence electrons. The highest BCUT2D eigenvalue weighted by atomic mass is 18.2. The maximum atomic E-state index is 12.4. The lowest BCUT2D eigenvalue weighted by Crippen LogP contribution is -1.85. The highest BCUT2D eigenvalue weighted by Gasteiger charge is 1.96. The standard InChI is InChI=1S/C9H11F/c1-7(2)8-3-5-9(10)6-4-8/h3-7H,1-2H3/i10-1. The van der Waals surface area contributed by atoms with Crippen LogP contribution in [-0.4, -0.2) is 0 Å². The van der Waals surface area contributed by atoms with Gasteiger partial charge in [-0.3, -0.25) is 0 Å². The fourth-order valence-corrected chi connectivity index (χ4v) is 0.848. The van der Waals surface area contributed by atoms with Gasteiger partial charge in [-0.05, 0) is 23.6 Å². The average molecular weight is 137 g/mol. The van der Waals surface area contributed by atoms with Crippen LogP contribution in [-0.2, 0) is 0 Å². The van der Waals surface area contributed by atoms with Crippen LogP contribution in [0.15, 0.2) is 24.3 Å². The van der Waals surface area contributed by atoms with Crippen LogP contribution in [0.5, 0.6) is 0 Å². The molecule has 1 heteroatoms. The Morgan fingerprint density at radius 2 is 1.60 bits per heavy atom. The highest BCUT2D eigenvalue weighted by molar-refractivity contribution is 5.18. The van der Waals surface area contributed by atoms with Crippen molar-refractivity contribution in [2.24, 2.45) is 0 Å². The summed E-state index contributed by atoms with van der Waals surface area (Å²) >= 11 is 0. The van der Waals surface area contributed by atoms with Gasteiger partial charge in [0.25, 0.3) is 0 Å². The third-order valence-corrected chi connectivity index (χ3v) is 1.54. The number of hydrogen-bond acceptors (Lipinski definition) is 0. The Kier molecular flexibility index (Phi) is 2.05. The Bertz CT molecular complexity index is 198. The van der Waals surface area contributed by atoms with Gasteiger partial charge in [0.2, 0.25) is 0 Å². The molecule has 0 aliphatic carbocycles. The molecule has 0 unspecified atom stereocenters. The number of hydrogen-bond donors (Lipinski definition) is 0. The molecule has 10 heavy (non-hydrogen) atoms. The van der Waals surface area contributed by atoms with Crippen LogP contribution < -0.4 is 0 Å². The first-order valence-electron chi connectivity index (χ1n) is 3.45. The number of benzene rings is 1. The van der Waals surface area contributed by atoms with Gasteiger partial charge in [0.05, 0.1) is 0 Å². The minimum atomic E-state index is -0.163. The van der Waals surface area contributed by atoms with E-state index in [1.165, 1.54) is 17.7 Å². The summed E-state index contributed by atoms with van der Waals surface area (Å²) in [4.78, 5) is 0. The van der Waals surface area contributed by atoms with Gasteiger partial charge in [-0.2, -0.15) is 0 Å². The molecule has 1 aromatic carbocycles. The second-order valence-electron chi connectivity index (χ2n) is 2.71. The van der Waals surface area contributed by atoms with Gasteiger partial charge in [0.1, 0.15) is 5.82 Å². The SMILES string of the molecule is CC(C)c1ccc([18F])cc1. The molecule has 1 aromatic rings. The van der Waals surface area contributed by atoms with Gasteiger partial charge in [0.15, 0.2) is 0 Å². The van der Waals surface area contributed by atoms with Crippen LogP contribution in [0.4, 0.5) is 4.39 Å². The van der Waals surface area contributed by atoms with Crippen molar-refractivity contribution in [1.29, 1.82) is 0 Å². The van der Waals surface area contributed by atoms with Gasteiger partial charge in [-0.25, -0.2) is 4.39 Å². The van der Waals surface area contributed by atoms with Crippen molar-refractivity contribution >= 4 is 0 Å². The van der Waals surface area contributed by atoms with E-state index in [9.17, 15) is 4.39 Å². The normalized spacial score (nSPS) is 10.4. The van der Waals surface area contributed by atoms with Crippen LogP contribution in [0.2, 0.25) is 0 Å². The molecule has 0 nitrogen and oxygen atoms in total. The van der Waals surface area contributed by atoms with E-state index < -0.39 is 0 Å². The fraction of sp³-hybridized carbons (Fsp3) is 0.333. The maximum absolute atomic E-state index is 12.4. The Hall–Kier alpha value is -0.850. The zero-order valence-electron chi connectivity index (χ0n) is 6.26. The maximum Gasteiger partial charge on any atom is 0.123 e. The van der Waals surface area contributed by atoms with Gasteiger partial charge in [0, 0.05) is 0 Å². The minimum Gasteiger partial charge on any atom is -0.207 e. The van der Waals surface area contributed by atoms with E-state index in [1.54, 1.807) is 0 Å². The van der Waals surface area contributed by atoms with Gasteiger partial charge >= 0.3 is 0 Å². The summed E-state index contributed by atoms with van der Waals surface area (Å²) < 4.78 is 12.4. The predicted molar refractivity (Wildman–Crippen MR) is 40.5 cm³/mol. The number of halogens is 1. The van der Waals surface area contributed by atoms with E-state index in [2.05, 4.69) is 13.8 Å².